The Bertz CT molecular complexity index is 886. The molecule has 2 aromatic carbocycles. The van der Waals surface area contributed by atoms with Gasteiger partial charge in [-0.25, -0.2) is 0 Å². The number of rotatable bonds is 7. The first-order valence-corrected chi connectivity index (χ1v) is 10.4. The maximum Gasteiger partial charge on any atom is 0.416 e. The summed E-state index contributed by atoms with van der Waals surface area (Å²) in [7, 11) is 0. The minimum Gasteiger partial charge on any atom is -0.494 e. The Morgan fingerprint density at radius 3 is 2.52 bits per heavy atom. The molecular formula is C24H27F3N2O2. The lowest BCUT2D eigenvalue weighted by Gasteiger charge is -2.32. The van der Waals surface area contributed by atoms with Gasteiger partial charge in [-0.2, -0.15) is 13.2 Å². The molecule has 1 fully saturated rings. The van der Waals surface area contributed by atoms with Crippen LogP contribution in [0.2, 0.25) is 0 Å². The van der Waals surface area contributed by atoms with Crippen molar-refractivity contribution in [3.05, 3.63) is 71.3 Å². The first-order valence-electron chi connectivity index (χ1n) is 10.4. The molecule has 1 aliphatic heterocycles. The van der Waals surface area contributed by atoms with Crippen molar-refractivity contribution in [3.8, 4) is 5.75 Å². The standard InChI is InChI=1S/C24H27F3N2O2/c1-2-31-22-9-6-18(7-10-22)8-11-23(30)28-21-12-14-29(15-13-21)17-19-4-3-5-20(16-19)24(25,26)27/h3-11,16,21H,2,12-15,17H2,1H3,(H,28,30)/b11-8+. The number of hydrogen-bond donors (Lipinski definition) is 1. The molecule has 4 nitrogen and oxygen atoms in total. The van der Waals surface area contributed by atoms with Crippen molar-refractivity contribution in [3.63, 3.8) is 0 Å². The summed E-state index contributed by atoms with van der Waals surface area (Å²) < 4.78 is 44.0. The topological polar surface area (TPSA) is 41.6 Å². The molecule has 1 N–H and O–H groups in total. The van der Waals surface area contributed by atoms with Crippen LogP contribution < -0.4 is 10.1 Å². The molecule has 0 bridgehead atoms. The molecule has 31 heavy (non-hydrogen) atoms. The third-order valence-electron chi connectivity index (χ3n) is 5.21. The summed E-state index contributed by atoms with van der Waals surface area (Å²) >= 11 is 0. The van der Waals surface area contributed by atoms with Gasteiger partial charge in [0.15, 0.2) is 0 Å². The van der Waals surface area contributed by atoms with Crippen LogP contribution in [0.5, 0.6) is 5.75 Å². The SMILES string of the molecule is CCOc1ccc(/C=C/C(=O)NC2CCN(Cc3cccc(C(F)(F)F)c3)CC2)cc1. The summed E-state index contributed by atoms with van der Waals surface area (Å²) in [4.78, 5) is 14.3. The van der Waals surface area contributed by atoms with E-state index >= 15 is 0 Å². The fraction of sp³-hybridized carbons (Fsp3) is 0.375. The highest BCUT2D eigenvalue weighted by Crippen LogP contribution is 2.30. The van der Waals surface area contributed by atoms with Crippen LogP contribution in [0.3, 0.4) is 0 Å². The van der Waals surface area contributed by atoms with Crippen molar-refractivity contribution in [2.24, 2.45) is 0 Å². The normalized spacial score (nSPS) is 15.9. The van der Waals surface area contributed by atoms with Gasteiger partial charge in [0.2, 0.25) is 5.91 Å². The van der Waals surface area contributed by atoms with Gasteiger partial charge in [-0.05, 0) is 55.2 Å². The molecule has 0 spiro atoms. The van der Waals surface area contributed by atoms with Crippen LogP contribution in [-0.2, 0) is 17.5 Å². The van der Waals surface area contributed by atoms with E-state index in [1.165, 1.54) is 18.2 Å². The lowest BCUT2D eigenvalue weighted by atomic mass is 10.0. The Morgan fingerprint density at radius 1 is 1.16 bits per heavy atom. The Hall–Kier alpha value is -2.80. The Kier molecular flexibility index (Phi) is 7.74. The van der Waals surface area contributed by atoms with Gasteiger partial charge in [0, 0.05) is 31.8 Å². The zero-order valence-electron chi connectivity index (χ0n) is 17.5. The van der Waals surface area contributed by atoms with Gasteiger partial charge < -0.3 is 10.1 Å². The van der Waals surface area contributed by atoms with Gasteiger partial charge in [0.05, 0.1) is 12.2 Å². The number of carbonyl (C=O) groups excluding carboxylic acids is 1. The monoisotopic (exact) mass is 432 g/mol. The van der Waals surface area contributed by atoms with E-state index in [4.69, 9.17) is 4.74 Å². The second kappa shape index (κ2) is 10.5. The lowest BCUT2D eigenvalue weighted by Crippen LogP contribution is -2.43. The molecule has 7 heteroatoms. The number of benzene rings is 2. The molecule has 1 aliphatic rings. The summed E-state index contributed by atoms with van der Waals surface area (Å²) in [5.74, 6) is 0.645. The molecule has 166 valence electrons. The van der Waals surface area contributed by atoms with Gasteiger partial charge in [0.25, 0.3) is 0 Å². The average Bonchev–Trinajstić information content (AvgIpc) is 2.74. The number of alkyl halides is 3. The second-order valence-corrected chi connectivity index (χ2v) is 7.59. The molecule has 1 saturated heterocycles. The van der Waals surface area contributed by atoms with Crippen LogP contribution >= 0.6 is 0 Å². The van der Waals surface area contributed by atoms with Gasteiger partial charge >= 0.3 is 6.18 Å². The summed E-state index contributed by atoms with van der Waals surface area (Å²) in [6.07, 6.45) is 0.480. The highest BCUT2D eigenvalue weighted by molar-refractivity contribution is 5.91. The molecule has 0 saturated carbocycles. The van der Waals surface area contributed by atoms with E-state index in [1.807, 2.05) is 31.2 Å². The number of halogens is 3. The molecule has 1 amide bonds. The van der Waals surface area contributed by atoms with Gasteiger partial charge in [-0.15, -0.1) is 0 Å². The Labute approximate surface area is 180 Å². The number of hydrogen-bond acceptors (Lipinski definition) is 3. The number of nitrogens with one attached hydrogen (secondary N) is 1. The van der Waals surface area contributed by atoms with E-state index in [1.54, 1.807) is 12.1 Å². The van der Waals surface area contributed by atoms with Crippen molar-refractivity contribution >= 4 is 12.0 Å². The summed E-state index contributed by atoms with van der Waals surface area (Å²) in [6, 6.07) is 13.0. The van der Waals surface area contributed by atoms with E-state index < -0.39 is 11.7 Å². The molecule has 2 aromatic rings. The maximum absolute atomic E-state index is 12.9. The van der Waals surface area contributed by atoms with Crippen LogP contribution in [0.1, 0.15) is 36.5 Å². The van der Waals surface area contributed by atoms with Crippen LogP contribution in [-0.4, -0.2) is 36.5 Å². The van der Waals surface area contributed by atoms with E-state index in [0.29, 0.717) is 18.7 Å². The number of likely N-dealkylation sites (tertiary alicyclic amines) is 1. The van der Waals surface area contributed by atoms with Gasteiger partial charge in [-0.1, -0.05) is 30.3 Å². The largest absolute Gasteiger partial charge is 0.494 e. The zero-order chi connectivity index (χ0) is 22.3. The summed E-state index contributed by atoms with van der Waals surface area (Å²) in [5.41, 5.74) is 0.941. The van der Waals surface area contributed by atoms with E-state index in [-0.39, 0.29) is 11.9 Å². The van der Waals surface area contributed by atoms with E-state index in [0.717, 1.165) is 43.3 Å². The van der Waals surface area contributed by atoms with E-state index in [9.17, 15) is 18.0 Å². The number of nitrogens with zero attached hydrogens (tertiary/aromatic N) is 1. The quantitative estimate of drug-likeness (QED) is 0.633. The molecule has 1 heterocycles. The van der Waals surface area contributed by atoms with Crippen LogP contribution in [0.25, 0.3) is 6.08 Å². The summed E-state index contributed by atoms with van der Waals surface area (Å²) in [6.45, 7) is 4.46. The van der Waals surface area contributed by atoms with Crippen molar-refractivity contribution in [1.82, 2.24) is 10.2 Å². The second-order valence-electron chi connectivity index (χ2n) is 7.59. The molecule has 3 rings (SSSR count). The maximum atomic E-state index is 12.9. The Morgan fingerprint density at radius 2 is 1.87 bits per heavy atom. The highest BCUT2D eigenvalue weighted by Gasteiger charge is 2.30. The minimum atomic E-state index is -4.33. The molecule has 0 aliphatic carbocycles. The lowest BCUT2D eigenvalue weighted by molar-refractivity contribution is -0.137. The number of piperidine rings is 1. The molecule has 0 unspecified atom stereocenters. The third kappa shape index (κ3) is 7.14. The van der Waals surface area contributed by atoms with Crippen molar-refractivity contribution in [1.29, 1.82) is 0 Å². The summed E-state index contributed by atoms with van der Waals surface area (Å²) in [5, 5.41) is 3.01. The predicted octanol–water partition coefficient (Wildman–Crippen LogP) is 4.90. The van der Waals surface area contributed by atoms with Gasteiger partial charge in [0.1, 0.15) is 5.75 Å². The molecule has 0 atom stereocenters. The van der Waals surface area contributed by atoms with Gasteiger partial charge in [-0.3, -0.25) is 9.69 Å². The fourth-order valence-corrected chi connectivity index (χ4v) is 3.60. The van der Waals surface area contributed by atoms with Crippen LogP contribution in [0, 0.1) is 0 Å². The highest BCUT2D eigenvalue weighted by atomic mass is 19.4. The zero-order valence-corrected chi connectivity index (χ0v) is 17.5. The minimum absolute atomic E-state index is 0.0650. The van der Waals surface area contributed by atoms with Crippen LogP contribution in [0.4, 0.5) is 13.2 Å². The first-order chi connectivity index (χ1) is 14.8. The fourth-order valence-electron chi connectivity index (χ4n) is 3.60. The van der Waals surface area contributed by atoms with E-state index in [2.05, 4.69) is 10.2 Å². The average molecular weight is 432 g/mol. The van der Waals surface area contributed by atoms with Crippen molar-refractivity contribution in [2.45, 2.75) is 38.5 Å². The molecule has 0 radical (unpaired) electrons. The third-order valence-corrected chi connectivity index (χ3v) is 5.21. The molecule has 0 aromatic heterocycles. The predicted molar refractivity (Wildman–Crippen MR) is 115 cm³/mol. The number of amides is 1. The van der Waals surface area contributed by atoms with Crippen molar-refractivity contribution in [2.75, 3.05) is 19.7 Å². The number of ether oxygens (including phenoxy) is 1. The Balaban J connectivity index is 1.44. The molecular weight excluding hydrogens is 405 g/mol. The van der Waals surface area contributed by atoms with Crippen molar-refractivity contribution < 1.29 is 22.7 Å². The first kappa shape index (κ1) is 22.9. The number of carbonyl (C=O) groups is 1. The van der Waals surface area contributed by atoms with Crippen LogP contribution in [0.15, 0.2) is 54.6 Å². The smallest absolute Gasteiger partial charge is 0.416 e.